The quantitative estimate of drug-likeness (QED) is 0.123. The molecule has 1 aliphatic carbocycles. The fraction of sp³-hybridized carbons (Fsp3) is 0.452. The van der Waals surface area contributed by atoms with Crippen molar-refractivity contribution in [1.29, 1.82) is 0 Å². The van der Waals surface area contributed by atoms with Gasteiger partial charge in [-0.25, -0.2) is 5.84 Å². The smallest absolute Gasteiger partial charge is 0.287 e. The molecule has 4 amide bonds. The number of fused-ring (bicyclic) bond motifs is 1. The van der Waals surface area contributed by atoms with E-state index >= 15 is 0 Å². The molecular formula is C31H41N7O6. The number of hydrogen-bond donors (Lipinski definition) is 6. The third-order valence-corrected chi connectivity index (χ3v) is 8.50. The van der Waals surface area contributed by atoms with Gasteiger partial charge in [-0.1, -0.05) is 49.6 Å². The summed E-state index contributed by atoms with van der Waals surface area (Å²) in [6.45, 7) is 2.54. The van der Waals surface area contributed by atoms with Crippen LogP contribution in [0.4, 0.5) is 0 Å². The van der Waals surface area contributed by atoms with E-state index in [0.29, 0.717) is 18.4 Å². The van der Waals surface area contributed by atoms with Crippen LogP contribution in [0.1, 0.15) is 62.7 Å². The van der Waals surface area contributed by atoms with E-state index in [1.807, 2.05) is 30.3 Å². The molecule has 2 aromatic rings. The number of hydrogen-bond acceptors (Lipinski definition) is 9. The molecule has 0 bridgehead atoms. The summed E-state index contributed by atoms with van der Waals surface area (Å²) in [6, 6.07) is 11.0. The Morgan fingerprint density at radius 1 is 1.07 bits per heavy atom. The fourth-order valence-corrected chi connectivity index (χ4v) is 6.15. The number of benzene rings is 2. The SMILES string of the molecule is CC(C)(O)/C(=C/N)N(N)C1CC(C(=O)NC2(C(=O)C(N)=O)CCCCC2)N(C(=O)CNC(=O)c2ccc3ccccc3c2)C1. The number of carbonyl (C=O) groups is 5. The Morgan fingerprint density at radius 3 is 2.34 bits per heavy atom. The van der Waals surface area contributed by atoms with Crippen LogP contribution in [0.25, 0.3) is 10.8 Å². The summed E-state index contributed by atoms with van der Waals surface area (Å²) in [4.78, 5) is 66.4. The second kappa shape index (κ2) is 13.0. The van der Waals surface area contributed by atoms with Crippen LogP contribution in [0.15, 0.2) is 54.4 Å². The van der Waals surface area contributed by atoms with E-state index in [4.69, 9.17) is 17.3 Å². The van der Waals surface area contributed by atoms with E-state index < -0.39 is 59.2 Å². The predicted molar refractivity (Wildman–Crippen MR) is 163 cm³/mol. The van der Waals surface area contributed by atoms with Gasteiger partial charge in [0.1, 0.15) is 17.2 Å². The lowest BCUT2D eigenvalue weighted by atomic mass is 9.78. The van der Waals surface area contributed by atoms with E-state index in [1.165, 1.54) is 23.8 Å². The zero-order valence-electron chi connectivity index (χ0n) is 25.0. The molecule has 44 heavy (non-hydrogen) atoms. The maximum atomic E-state index is 13.8. The van der Waals surface area contributed by atoms with Gasteiger partial charge >= 0.3 is 0 Å². The van der Waals surface area contributed by atoms with E-state index in [-0.39, 0.29) is 31.5 Å². The van der Waals surface area contributed by atoms with Gasteiger partial charge in [0, 0.05) is 24.7 Å². The van der Waals surface area contributed by atoms with Crippen molar-refractivity contribution in [3.05, 3.63) is 59.9 Å². The number of amides is 4. The highest BCUT2D eigenvalue weighted by Crippen LogP contribution is 2.32. The van der Waals surface area contributed by atoms with E-state index in [0.717, 1.165) is 23.4 Å². The van der Waals surface area contributed by atoms with Crippen LogP contribution < -0.4 is 27.9 Å². The van der Waals surface area contributed by atoms with Crippen LogP contribution in [-0.4, -0.2) is 80.7 Å². The Balaban J connectivity index is 1.56. The lowest BCUT2D eigenvalue weighted by Gasteiger charge is -2.37. The van der Waals surface area contributed by atoms with Crippen LogP contribution >= 0.6 is 0 Å². The van der Waals surface area contributed by atoms with Crippen molar-refractivity contribution in [3.63, 3.8) is 0 Å². The molecule has 1 aliphatic heterocycles. The predicted octanol–water partition coefficient (Wildman–Crippen LogP) is 0.159. The monoisotopic (exact) mass is 607 g/mol. The highest BCUT2D eigenvalue weighted by atomic mass is 16.3. The standard InChI is InChI=1S/C31H41N7O6/c1-30(2,44)24(16-32)38(34)22-15-23(29(43)36-31(26(40)27(33)41)12-6-3-7-13-31)37(18-22)25(39)17-35-28(42)21-11-10-19-8-4-5-9-20(19)14-21/h4-5,8-11,14,16,22-23,44H,3,6-7,12-13,15,17-18,32,34H2,1-2H3,(H2,33,41)(H,35,42)(H,36,43)/b24-16-. The number of aliphatic hydroxyl groups is 1. The highest BCUT2D eigenvalue weighted by Gasteiger charge is 2.48. The second-order valence-electron chi connectivity index (χ2n) is 12.0. The van der Waals surface area contributed by atoms with Crippen molar-refractivity contribution in [2.24, 2.45) is 17.3 Å². The number of Topliss-reactive ketones (excluding diaryl/α,β-unsaturated/α-hetero) is 1. The highest BCUT2D eigenvalue weighted by molar-refractivity contribution is 6.39. The minimum absolute atomic E-state index is 0.0287. The molecule has 1 saturated carbocycles. The molecule has 9 N–H and O–H groups in total. The summed E-state index contributed by atoms with van der Waals surface area (Å²) in [5, 5.41) is 19.0. The topological polar surface area (TPSA) is 214 Å². The van der Waals surface area contributed by atoms with Crippen molar-refractivity contribution in [3.8, 4) is 0 Å². The number of rotatable bonds is 10. The summed E-state index contributed by atoms with van der Waals surface area (Å²) in [5.41, 5.74) is 8.76. The lowest BCUT2D eigenvalue weighted by molar-refractivity contribution is -0.145. The number of nitrogens with two attached hydrogens (primary N) is 3. The zero-order valence-corrected chi connectivity index (χ0v) is 25.0. The van der Waals surface area contributed by atoms with E-state index in [1.54, 1.807) is 12.1 Å². The molecule has 2 aromatic carbocycles. The molecule has 13 nitrogen and oxygen atoms in total. The average molecular weight is 608 g/mol. The van der Waals surface area contributed by atoms with Gasteiger partial charge in [0.05, 0.1) is 18.3 Å². The molecule has 13 heteroatoms. The number of nitrogens with zero attached hydrogens (tertiary/aromatic N) is 2. The van der Waals surface area contributed by atoms with Crippen molar-refractivity contribution >= 4 is 40.2 Å². The summed E-state index contributed by atoms with van der Waals surface area (Å²) in [6.07, 6.45) is 3.74. The van der Waals surface area contributed by atoms with Crippen LogP contribution in [0.2, 0.25) is 0 Å². The lowest BCUT2D eigenvalue weighted by Crippen LogP contribution is -2.62. The van der Waals surface area contributed by atoms with Gasteiger partial charge in [0.25, 0.3) is 11.8 Å². The van der Waals surface area contributed by atoms with Crippen molar-refractivity contribution < 1.29 is 29.1 Å². The number of carbonyl (C=O) groups excluding carboxylic acids is 5. The molecule has 2 aliphatic rings. The Hall–Kier alpha value is -4.49. The molecule has 0 spiro atoms. The third kappa shape index (κ3) is 6.84. The first kappa shape index (κ1) is 32.4. The molecule has 1 saturated heterocycles. The maximum absolute atomic E-state index is 13.8. The second-order valence-corrected chi connectivity index (χ2v) is 12.0. The minimum Gasteiger partial charge on any atom is -0.403 e. The first-order chi connectivity index (χ1) is 20.8. The third-order valence-electron chi connectivity index (χ3n) is 8.50. The Bertz CT molecular complexity index is 1480. The van der Waals surface area contributed by atoms with Crippen LogP contribution in [0.5, 0.6) is 0 Å². The Labute approximate surface area is 255 Å². The summed E-state index contributed by atoms with van der Waals surface area (Å²) in [5.74, 6) is 2.66. The maximum Gasteiger partial charge on any atom is 0.287 e. The van der Waals surface area contributed by atoms with Crippen molar-refractivity contribution in [2.75, 3.05) is 13.1 Å². The first-order valence-electron chi connectivity index (χ1n) is 14.7. The molecule has 2 fully saturated rings. The Kier molecular flexibility index (Phi) is 9.59. The normalized spacial score (nSPS) is 20.2. The van der Waals surface area contributed by atoms with Gasteiger partial charge in [-0.3, -0.25) is 24.0 Å². The van der Waals surface area contributed by atoms with Gasteiger partial charge in [-0.15, -0.1) is 0 Å². The molecule has 4 rings (SSSR count). The van der Waals surface area contributed by atoms with Crippen molar-refractivity contribution in [2.45, 2.75) is 75.6 Å². The largest absolute Gasteiger partial charge is 0.403 e. The van der Waals surface area contributed by atoms with E-state index in [2.05, 4.69) is 10.6 Å². The molecule has 236 valence electrons. The molecule has 2 atom stereocenters. The van der Waals surface area contributed by atoms with Gasteiger partial charge < -0.3 is 37.1 Å². The number of primary amides is 1. The Morgan fingerprint density at radius 2 is 1.73 bits per heavy atom. The summed E-state index contributed by atoms with van der Waals surface area (Å²) in [7, 11) is 0. The summed E-state index contributed by atoms with van der Waals surface area (Å²) >= 11 is 0. The van der Waals surface area contributed by atoms with Gasteiger partial charge in [-0.05, 0) is 49.6 Å². The minimum atomic E-state index is -1.46. The molecule has 0 radical (unpaired) electrons. The number of hydrazine groups is 1. The molecule has 1 heterocycles. The van der Waals surface area contributed by atoms with Crippen LogP contribution in [-0.2, 0) is 19.2 Å². The summed E-state index contributed by atoms with van der Waals surface area (Å²) < 4.78 is 0. The molecule has 2 unspecified atom stereocenters. The van der Waals surface area contributed by atoms with Crippen molar-refractivity contribution in [1.82, 2.24) is 20.5 Å². The van der Waals surface area contributed by atoms with Crippen LogP contribution in [0, 0.1) is 0 Å². The fourth-order valence-electron chi connectivity index (χ4n) is 6.15. The zero-order chi connectivity index (χ0) is 32.2. The van der Waals surface area contributed by atoms with E-state index in [9.17, 15) is 29.1 Å². The van der Waals surface area contributed by atoms with Crippen LogP contribution in [0.3, 0.4) is 0 Å². The van der Waals surface area contributed by atoms with Gasteiger partial charge in [-0.2, -0.15) is 0 Å². The average Bonchev–Trinajstić information content (AvgIpc) is 3.45. The van der Waals surface area contributed by atoms with Gasteiger partial charge in [0.2, 0.25) is 17.6 Å². The number of nitrogens with one attached hydrogen (secondary N) is 2. The number of likely N-dealkylation sites (tertiary alicyclic amines) is 1. The molecule has 0 aromatic heterocycles. The molecular weight excluding hydrogens is 566 g/mol. The van der Waals surface area contributed by atoms with Gasteiger partial charge in [0.15, 0.2) is 0 Å². The first-order valence-corrected chi connectivity index (χ1v) is 14.7. The number of ketones is 1.